The first kappa shape index (κ1) is 18.5. The molecule has 1 unspecified atom stereocenters. The van der Waals surface area contributed by atoms with E-state index in [2.05, 4.69) is 5.32 Å². The highest BCUT2D eigenvalue weighted by Crippen LogP contribution is 2.23. The molecule has 1 heterocycles. The van der Waals surface area contributed by atoms with Gasteiger partial charge in [0.15, 0.2) is 0 Å². The zero-order valence-corrected chi connectivity index (χ0v) is 15.1. The molecule has 2 aromatic carbocycles. The minimum Gasteiger partial charge on any atom is -0.352 e. The van der Waals surface area contributed by atoms with Crippen molar-refractivity contribution in [1.29, 1.82) is 0 Å². The standard InChI is InChI=1S/C19H21FN2O3S/c20-17-10-8-15(9-11-17)13-21-19(23)16-5-4-12-22(14-16)26(24,25)18-6-2-1-3-7-18/h1-3,6-11,16H,4-5,12-14H2,(H,21,23). The summed E-state index contributed by atoms with van der Waals surface area (Å²) in [5, 5.41) is 2.82. The van der Waals surface area contributed by atoms with E-state index >= 15 is 0 Å². The van der Waals surface area contributed by atoms with Crippen LogP contribution < -0.4 is 5.32 Å². The predicted molar refractivity (Wildman–Crippen MR) is 96.2 cm³/mol. The third kappa shape index (κ3) is 4.28. The highest BCUT2D eigenvalue weighted by Gasteiger charge is 2.33. The van der Waals surface area contributed by atoms with Crippen LogP contribution in [0.5, 0.6) is 0 Å². The maximum absolute atomic E-state index is 12.9. The second-order valence-electron chi connectivity index (χ2n) is 6.36. The number of halogens is 1. The number of hydrogen-bond acceptors (Lipinski definition) is 3. The van der Waals surface area contributed by atoms with Gasteiger partial charge in [-0.05, 0) is 42.7 Å². The number of nitrogens with zero attached hydrogens (tertiary/aromatic N) is 1. The predicted octanol–water partition coefficient (Wildman–Crippen LogP) is 2.54. The lowest BCUT2D eigenvalue weighted by molar-refractivity contribution is -0.126. The smallest absolute Gasteiger partial charge is 0.243 e. The molecule has 138 valence electrons. The minimum absolute atomic E-state index is 0.173. The number of benzene rings is 2. The van der Waals surface area contributed by atoms with Crippen molar-refractivity contribution in [3.63, 3.8) is 0 Å². The largest absolute Gasteiger partial charge is 0.352 e. The van der Waals surface area contributed by atoms with Gasteiger partial charge in [-0.1, -0.05) is 30.3 Å². The topological polar surface area (TPSA) is 66.5 Å². The van der Waals surface area contributed by atoms with Gasteiger partial charge in [-0.2, -0.15) is 4.31 Å². The first-order valence-corrected chi connectivity index (χ1v) is 9.98. The van der Waals surface area contributed by atoms with Crippen molar-refractivity contribution in [1.82, 2.24) is 9.62 Å². The Balaban J connectivity index is 1.62. The van der Waals surface area contributed by atoms with Gasteiger partial charge in [-0.15, -0.1) is 0 Å². The summed E-state index contributed by atoms with van der Waals surface area (Å²) in [7, 11) is -3.59. The highest BCUT2D eigenvalue weighted by atomic mass is 32.2. The van der Waals surface area contributed by atoms with E-state index in [0.29, 0.717) is 25.9 Å². The summed E-state index contributed by atoms with van der Waals surface area (Å²) in [5.41, 5.74) is 0.796. The van der Waals surface area contributed by atoms with Crippen LogP contribution in [0.4, 0.5) is 4.39 Å². The van der Waals surface area contributed by atoms with E-state index in [-0.39, 0.29) is 29.1 Å². The van der Waals surface area contributed by atoms with Gasteiger partial charge < -0.3 is 5.32 Å². The highest BCUT2D eigenvalue weighted by molar-refractivity contribution is 7.89. The quantitative estimate of drug-likeness (QED) is 0.872. The Morgan fingerprint density at radius 3 is 2.50 bits per heavy atom. The van der Waals surface area contributed by atoms with Gasteiger partial charge in [-0.25, -0.2) is 12.8 Å². The van der Waals surface area contributed by atoms with Gasteiger partial charge in [0.25, 0.3) is 0 Å². The zero-order chi connectivity index (χ0) is 18.6. The van der Waals surface area contributed by atoms with Crippen molar-refractivity contribution in [2.75, 3.05) is 13.1 Å². The van der Waals surface area contributed by atoms with Gasteiger partial charge in [0.1, 0.15) is 5.82 Å². The van der Waals surface area contributed by atoms with Gasteiger partial charge in [0, 0.05) is 19.6 Å². The summed E-state index contributed by atoms with van der Waals surface area (Å²) in [5.74, 6) is -0.890. The van der Waals surface area contributed by atoms with E-state index in [1.54, 1.807) is 42.5 Å². The molecular formula is C19H21FN2O3S. The van der Waals surface area contributed by atoms with Crippen LogP contribution in [0.25, 0.3) is 0 Å². The van der Waals surface area contributed by atoms with Crippen LogP contribution in [0.15, 0.2) is 59.5 Å². The summed E-state index contributed by atoms with van der Waals surface area (Å²) in [4.78, 5) is 12.7. The van der Waals surface area contributed by atoms with E-state index in [4.69, 9.17) is 0 Å². The molecule has 0 aliphatic carbocycles. The van der Waals surface area contributed by atoms with Crippen LogP contribution in [-0.4, -0.2) is 31.7 Å². The number of piperidine rings is 1. The molecule has 1 amide bonds. The number of amides is 1. The Morgan fingerprint density at radius 1 is 1.12 bits per heavy atom. The third-order valence-electron chi connectivity index (χ3n) is 4.52. The zero-order valence-electron chi connectivity index (χ0n) is 14.3. The van der Waals surface area contributed by atoms with Crippen LogP contribution in [0, 0.1) is 11.7 Å². The molecule has 0 radical (unpaired) electrons. The Bertz CT molecular complexity index is 854. The molecule has 0 saturated carbocycles. The average molecular weight is 376 g/mol. The Labute approximate surface area is 152 Å². The molecule has 2 aromatic rings. The van der Waals surface area contributed by atoms with Gasteiger partial charge >= 0.3 is 0 Å². The van der Waals surface area contributed by atoms with Crippen molar-refractivity contribution in [3.8, 4) is 0 Å². The lowest BCUT2D eigenvalue weighted by Crippen LogP contribution is -2.45. The number of nitrogens with one attached hydrogen (secondary N) is 1. The monoisotopic (exact) mass is 376 g/mol. The Hall–Kier alpha value is -2.25. The van der Waals surface area contributed by atoms with E-state index in [9.17, 15) is 17.6 Å². The van der Waals surface area contributed by atoms with E-state index < -0.39 is 10.0 Å². The molecule has 1 fully saturated rings. The lowest BCUT2D eigenvalue weighted by Gasteiger charge is -2.31. The molecule has 1 aliphatic rings. The fourth-order valence-electron chi connectivity index (χ4n) is 3.05. The van der Waals surface area contributed by atoms with Gasteiger partial charge in [0.05, 0.1) is 10.8 Å². The SMILES string of the molecule is O=C(NCc1ccc(F)cc1)C1CCCN(S(=O)(=O)c2ccccc2)C1. The molecule has 0 spiro atoms. The Morgan fingerprint density at radius 2 is 1.81 bits per heavy atom. The normalized spacial score (nSPS) is 18.4. The van der Waals surface area contributed by atoms with Crippen molar-refractivity contribution < 1.29 is 17.6 Å². The van der Waals surface area contributed by atoms with Crippen LogP contribution in [0.2, 0.25) is 0 Å². The van der Waals surface area contributed by atoms with Crippen molar-refractivity contribution >= 4 is 15.9 Å². The number of hydrogen-bond donors (Lipinski definition) is 1. The molecule has 1 saturated heterocycles. The molecule has 0 bridgehead atoms. The first-order valence-electron chi connectivity index (χ1n) is 8.54. The van der Waals surface area contributed by atoms with Crippen molar-refractivity contribution in [3.05, 3.63) is 66.0 Å². The molecule has 1 N–H and O–H groups in total. The molecule has 7 heteroatoms. The number of carbonyl (C=O) groups is 1. The molecular weight excluding hydrogens is 355 g/mol. The third-order valence-corrected chi connectivity index (χ3v) is 6.40. The lowest BCUT2D eigenvalue weighted by atomic mass is 9.99. The van der Waals surface area contributed by atoms with Crippen LogP contribution in [-0.2, 0) is 21.4 Å². The fraction of sp³-hybridized carbons (Fsp3) is 0.316. The van der Waals surface area contributed by atoms with Crippen molar-refractivity contribution in [2.45, 2.75) is 24.3 Å². The minimum atomic E-state index is -3.59. The second kappa shape index (κ2) is 7.97. The van der Waals surface area contributed by atoms with E-state index in [1.807, 2.05) is 0 Å². The molecule has 0 aromatic heterocycles. The van der Waals surface area contributed by atoms with Crippen LogP contribution >= 0.6 is 0 Å². The fourth-order valence-corrected chi connectivity index (χ4v) is 4.60. The van der Waals surface area contributed by atoms with E-state index in [0.717, 1.165) is 5.56 Å². The maximum Gasteiger partial charge on any atom is 0.243 e. The first-order chi connectivity index (χ1) is 12.5. The summed E-state index contributed by atoms with van der Waals surface area (Å²) in [6, 6.07) is 14.2. The van der Waals surface area contributed by atoms with Crippen LogP contribution in [0.1, 0.15) is 18.4 Å². The van der Waals surface area contributed by atoms with E-state index in [1.165, 1.54) is 16.4 Å². The van der Waals surface area contributed by atoms with Crippen LogP contribution in [0.3, 0.4) is 0 Å². The maximum atomic E-state index is 12.9. The molecule has 1 atom stereocenters. The summed E-state index contributed by atoms with van der Waals surface area (Å²) < 4.78 is 39.8. The number of carbonyl (C=O) groups excluding carboxylic acids is 1. The average Bonchev–Trinajstić information content (AvgIpc) is 2.68. The summed E-state index contributed by atoms with van der Waals surface area (Å²) in [6.45, 7) is 0.881. The Kier molecular flexibility index (Phi) is 5.68. The van der Waals surface area contributed by atoms with Crippen molar-refractivity contribution in [2.24, 2.45) is 5.92 Å². The molecule has 5 nitrogen and oxygen atoms in total. The number of rotatable bonds is 5. The summed E-state index contributed by atoms with van der Waals surface area (Å²) in [6.07, 6.45) is 1.29. The van der Waals surface area contributed by atoms with Gasteiger partial charge in [-0.3, -0.25) is 4.79 Å². The molecule has 26 heavy (non-hydrogen) atoms. The van der Waals surface area contributed by atoms with Gasteiger partial charge in [0.2, 0.25) is 15.9 Å². The molecule has 1 aliphatic heterocycles. The molecule has 3 rings (SSSR count). The summed E-state index contributed by atoms with van der Waals surface area (Å²) >= 11 is 0. The number of sulfonamides is 1. The second-order valence-corrected chi connectivity index (χ2v) is 8.30.